The Kier molecular flexibility index (Phi) is 6.36. The Morgan fingerprint density at radius 2 is 1.97 bits per heavy atom. The van der Waals surface area contributed by atoms with Crippen LogP contribution in [0.4, 0.5) is 0 Å². The fourth-order valence-electron chi connectivity index (χ4n) is 4.11. The molecule has 0 amide bonds. The highest BCUT2D eigenvalue weighted by Gasteiger charge is 2.49. The highest BCUT2D eigenvalue weighted by Crippen LogP contribution is 2.38. The van der Waals surface area contributed by atoms with Gasteiger partial charge >= 0.3 is 0 Å². The lowest BCUT2D eigenvalue weighted by atomic mass is 9.92. The van der Waals surface area contributed by atoms with Gasteiger partial charge in [-0.1, -0.05) is 46.3 Å². The van der Waals surface area contributed by atoms with Gasteiger partial charge in [0.25, 0.3) is 0 Å². The summed E-state index contributed by atoms with van der Waals surface area (Å²) in [7, 11) is 0. The number of rotatable bonds is 3. The molecule has 0 spiro atoms. The second-order valence-electron chi connectivity index (χ2n) is 7.86. The summed E-state index contributed by atoms with van der Waals surface area (Å²) in [6.45, 7) is 2.10. The molecule has 2 saturated heterocycles. The van der Waals surface area contributed by atoms with Gasteiger partial charge in [-0.2, -0.15) is 5.10 Å². The fraction of sp³-hybridized carbons (Fsp3) is 0.364. The van der Waals surface area contributed by atoms with Gasteiger partial charge in [-0.05, 0) is 47.7 Å². The van der Waals surface area contributed by atoms with E-state index in [-0.39, 0.29) is 0 Å². The van der Waals surface area contributed by atoms with Gasteiger partial charge in [0, 0.05) is 13.6 Å². The maximum absolute atomic E-state index is 11.1. The van der Waals surface area contributed by atoms with Crippen LogP contribution in [0.25, 0.3) is 5.69 Å². The van der Waals surface area contributed by atoms with Crippen LogP contribution in [-0.4, -0.2) is 50.8 Å². The molecule has 168 valence electrons. The highest BCUT2D eigenvalue weighted by molar-refractivity contribution is 14.1. The number of nitrogens with zero attached hydrogens (tertiary/aromatic N) is 3. The number of ether oxygens (including phenoxy) is 3. The minimum absolute atomic E-state index is 0.294. The summed E-state index contributed by atoms with van der Waals surface area (Å²) in [5.74, 6) is 1.06. The molecule has 2 aliphatic rings. The van der Waals surface area contributed by atoms with Gasteiger partial charge in [0.2, 0.25) is 0 Å². The Morgan fingerprint density at radius 3 is 2.75 bits per heavy atom. The SMILES string of the molecule is Cc1nc([C@@H]2O[C@@H]3COC(c4ccccc4)O[C@@H]3[C@H](N)[C@H]2O)n(-c2cc(Br)ccc2I)n1. The van der Waals surface area contributed by atoms with E-state index in [1.165, 1.54) is 0 Å². The van der Waals surface area contributed by atoms with Crippen molar-refractivity contribution in [1.82, 2.24) is 14.8 Å². The third-order valence-electron chi connectivity index (χ3n) is 5.66. The van der Waals surface area contributed by atoms with Gasteiger partial charge in [0.05, 0.1) is 18.3 Å². The molecule has 1 aromatic heterocycles. The minimum atomic E-state index is -1.03. The summed E-state index contributed by atoms with van der Waals surface area (Å²) < 4.78 is 21.9. The van der Waals surface area contributed by atoms with Crippen LogP contribution in [0.3, 0.4) is 0 Å². The van der Waals surface area contributed by atoms with Crippen LogP contribution in [-0.2, 0) is 14.2 Å². The molecule has 0 saturated carbocycles. The first kappa shape index (κ1) is 22.4. The van der Waals surface area contributed by atoms with Crippen LogP contribution < -0.4 is 5.73 Å². The van der Waals surface area contributed by atoms with Crippen molar-refractivity contribution in [2.45, 2.75) is 43.7 Å². The molecule has 3 aromatic rings. The van der Waals surface area contributed by atoms with Gasteiger partial charge in [0.1, 0.15) is 30.2 Å². The summed E-state index contributed by atoms with van der Waals surface area (Å²) in [5.41, 5.74) is 8.21. The second-order valence-corrected chi connectivity index (χ2v) is 9.94. The summed E-state index contributed by atoms with van der Waals surface area (Å²) in [5, 5.41) is 15.7. The molecule has 5 rings (SSSR count). The van der Waals surface area contributed by atoms with E-state index in [9.17, 15) is 5.11 Å². The van der Waals surface area contributed by atoms with Crippen molar-refractivity contribution in [1.29, 1.82) is 0 Å². The molecule has 1 unspecified atom stereocenters. The van der Waals surface area contributed by atoms with Crippen LogP contribution in [0.5, 0.6) is 0 Å². The average Bonchev–Trinajstić information content (AvgIpc) is 3.19. The van der Waals surface area contributed by atoms with E-state index in [1.807, 2.05) is 48.5 Å². The molecule has 32 heavy (non-hydrogen) atoms. The second kappa shape index (κ2) is 9.09. The molecule has 0 aliphatic carbocycles. The zero-order chi connectivity index (χ0) is 22.4. The first-order chi connectivity index (χ1) is 15.4. The molecule has 10 heteroatoms. The van der Waals surface area contributed by atoms with Gasteiger partial charge in [0.15, 0.2) is 12.1 Å². The molecular formula is C22H22BrIN4O4. The Balaban J connectivity index is 1.44. The number of benzene rings is 2. The van der Waals surface area contributed by atoms with Crippen molar-refractivity contribution in [2.24, 2.45) is 5.73 Å². The highest BCUT2D eigenvalue weighted by atomic mass is 127. The van der Waals surface area contributed by atoms with Crippen LogP contribution >= 0.6 is 38.5 Å². The lowest BCUT2D eigenvalue weighted by molar-refractivity contribution is -0.309. The first-order valence-corrected chi connectivity index (χ1v) is 12.1. The molecule has 8 nitrogen and oxygen atoms in total. The molecule has 0 bridgehead atoms. The van der Waals surface area contributed by atoms with E-state index >= 15 is 0 Å². The summed E-state index contributed by atoms with van der Waals surface area (Å²) in [4.78, 5) is 4.58. The number of aliphatic hydroxyl groups is 1. The number of aryl methyl sites for hydroxylation is 1. The summed E-state index contributed by atoms with van der Waals surface area (Å²) in [6, 6.07) is 14.9. The molecule has 2 aromatic carbocycles. The van der Waals surface area contributed by atoms with Crippen molar-refractivity contribution in [3.63, 3.8) is 0 Å². The topological polar surface area (TPSA) is 105 Å². The number of nitrogens with two attached hydrogens (primary N) is 1. The van der Waals surface area contributed by atoms with Crippen molar-refractivity contribution in [3.05, 3.63) is 73.8 Å². The van der Waals surface area contributed by atoms with E-state index in [2.05, 4.69) is 48.6 Å². The van der Waals surface area contributed by atoms with Gasteiger partial charge < -0.3 is 25.1 Å². The van der Waals surface area contributed by atoms with Crippen molar-refractivity contribution >= 4 is 38.5 Å². The number of halogens is 2. The smallest absolute Gasteiger partial charge is 0.184 e. The lowest BCUT2D eigenvalue weighted by Crippen LogP contribution is -2.62. The standard InChI is InChI=1S/C22H22BrIN4O4/c1-11-26-21(28(27-11)15-9-13(23)7-8-14(15)24)20-18(29)17(25)19-16(31-20)10-30-22(32-19)12-5-3-2-4-6-12/h2-9,16-20,22,29H,10,25H2,1H3/t16-,17-,18-,19+,20-,22?/m1/s1. The molecule has 2 fully saturated rings. The van der Waals surface area contributed by atoms with Crippen LogP contribution in [0, 0.1) is 10.5 Å². The maximum atomic E-state index is 11.1. The van der Waals surface area contributed by atoms with E-state index in [0.29, 0.717) is 18.3 Å². The third-order valence-corrected chi connectivity index (χ3v) is 7.07. The largest absolute Gasteiger partial charge is 0.388 e. The van der Waals surface area contributed by atoms with E-state index in [0.717, 1.165) is 19.3 Å². The predicted octanol–water partition coefficient (Wildman–Crippen LogP) is 3.19. The number of aliphatic hydroxyl groups excluding tert-OH is 1. The van der Waals surface area contributed by atoms with Crippen LogP contribution in [0.1, 0.15) is 29.6 Å². The maximum Gasteiger partial charge on any atom is 0.184 e. The van der Waals surface area contributed by atoms with E-state index < -0.39 is 36.7 Å². The normalized spacial score (nSPS) is 30.2. The van der Waals surface area contributed by atoms with Crippen LogP contribution in [0.15, 0.2) is 53.0 Å². The zero-order valence-electron chi connectivity index (χ0n) is 17.1. The molecule has 6 atom stereocenters. The Bertz CT molecular complexity index is 1110. The fourth-order valence-corrected chi connectivity index (χ4v) is 5.02. The van der Waals surface area contributed by atoms with Gasteiger partial charge in [-0.25, -0.2) is 9.67 Å². The number of hydrogen-bond donors (Lipinski definition) is 2. The van der Waals surface area contributed by atoms with Crippen LogP contribution in [0.2, 0.25) is 0 Å². The first-order valence-electron chi connectivity index (χ1n) is 10.2. The van der Waals surface area contributed by atoms with Gasteiger partial charge in [-0.15, -0.1) is 0 Å². The van der Waals surface area contributed by atoms with Crippen molar-refractivity contribution < 1.29 is 19.3 Å². The van der Waals surface area contributed by atoms with Gasteiger partial charge in [-0.3, -0.25) is 0 Å². The average molecular weight is 613 g/mol. The minimum Gasteiger partial charge on any atom is -0.388 e. The summed E-state index contributed by atoms with van der Waals surface area (Å²) in [6.07, 6.45) is -3.31. The number of fused-ring (bicyclic) bond motifs is 1. The van der Waals surface area contributed by atoms with E-state index in [4.69, 9.17) is 19.9 Å². The lowest BCUT2D eigenvalue weighted by Gasteiger charge is -2.46. The number of aromatic nitrogens is 3. The van der Waals surface area contributed by atoms with Crippen molar-refractivity contribution in [3.8, 4) is 5.69 Å². The molecule has 0 radical (unpaired) electrons. The molecular weight excluding hydrogens is 591 g/mol. The van der Waals surface area contributed by atoms with Crippen molar-refractivity contribution in [2.75, 3.05) is 6.61 Å². The van der Waals surface area contributed by atoms with E-state index in [1.54, 1.807) is 11.6 Å². The third kappa shape index (κ3) is 4.13. The quantitative estimate of drug-likeness (QED) is 0.438. The molecule has 3 N–H and O–H groups in total. The molecule has 2 aliphatic heterocycles. The Hall–Kier alpha value is -1.41. The number of hydrogen-bond acceptors (Lipinski definition) is 7. The summed E-state index contributed by atoms with van der Waals surface area (Å²) >= 11 is 5.76. The Labute approximate surface area is 207 Å². The molecule has 3 heterocycles. The zero-order valence-corrected chi connectivity index (χ0v) is 20.9. The monoisotopic (exact) mass is 612 g/mol. The Morgan fingerprint density at radius 1 is 1.19 bits per heavy atom. The predicted molar refractivity (Wildman–Crippen MR) is 128 cm³/mol.